The van der Waals surface area contributed by atoms with E-state index in [9.17, 15) is 21.6 Å². The van der Waals surface area contributed by atoms with Crippen LogP contribution in [0, 0.1) is 0 Å². The molecule has 0 aliphatic heterocycles. The van der Waals surface area contributed by atoms with Crippen molar-refractivity contribution >= 4 is 10.0 Å². The molecule has 0 radical (unpaired) electrons. The molecule has 0 aliphatic rings. The van der Waals surface area contributed by atoms with Crippen LogP contribution in [0.15, 0.2) is 0 Å². The van der Waals surface area contributed by atoms with Gasteiger partial charge in [-0.3, -0.25) is 0 Å². The van der Waals surface area contributed by atoms with Crippen LogP contribution in [0.25, 0.3) is 0 Å². The zero-order valence-corrected chi connectivity index (χ0v) is 8.24. The fraction of sp³-hybridized carbons (Fsp3) is 1.00. The maximum absolute atomic E-state index is 11.8. The molecule has 7 heteroatoms. The van der Waals surface area contributed by atoms with Gasteiger partial charge in [-0.05, 0) is 6.42 Å². The van der Waals surface area contributed by atoms with Crippen LogP contribution in [-0.4, -0.2) is 38.2 Å². The molecule has 0 aliphatic carbocycles. The van der Waals surface area contributed by atoms with Crippen LogP contribution < -0.4 is 0 Å². The fourth-order valence-electron chi connectivity index (χ4n) is 0.765. The summed E-state index contributed by atoms with van der Waals surface area (Å²) in [6.45, 7) is 0.175. The molecule has 13 heavy (non-hydrogen) atoms. The van der Waals surface area contributed by atoms with Gasteiger partial charge in [-0.25, -0.2) is 8.42 Å². The molecule has 80 valence electrons. The molecule has 0 saturated heterocycles. The molecule has 0 bridgehead atoms. The van der Waals surface area contributed by atoms with E-state index in [0.717, 1.165) is 7.05 Å². The van der Waals surface area contributed by atoms with Crippen molar-refractivity contribution in [1.29, 1.82) is 0 Å². The molecule has 0 spiro atoms. The zero-order valence-electron chi connectivity index (χ0n) is 7.43. The van der Waals surface area contributed by atoms with Crippen molar-refractivity contribution in [2.45, 2.75) is 19.5 Å². The van der Waals surface area contributed by atoms with E-state index >= 15 is 0 Å². The van der Waals surface area contributed by atoms with E-state index in [0.29, 0.717) is 10.7 Å². The van der Waals surface area contributed by atoms with Crippen molar-refractivity contribution in [2.24, 2.45) is 0 Å². The molecule has 0 aromatic carbocycles. The van der Waals surface area contributed by atoms with Gasteiger partial charge in [-0.2, -0.15) is 17.5 Å². The summed E-state index contributed by atoms with van der Waals surface area (Å²) < 4.78 is 57.7. The number of nitrogens with zero attached hydrogens (tertiary/aromatic N) is 1. The first-order valence-corrected chi connectivity index (χ1v) is 5.30. The van der Waals surface area contributed by atoms with Crippen molar-refractivity contribution in [1.82, 2.24) is 4.31 Å². The smallest absolute Gasteiger partial charge is 0.212 e. The van der Waals surface area contributed by atoms with E-state index in [-0.39, 0.29) is 5.75 Å². The van der Waals surface area contributed by atoms with Crippen molar-refractivity contribution < 1.29 is 21.6 Å². The van der Waals surface area contributed by atoms with E-state index in [2.05, 4.69) is 0 Å². The Hall–Kier alpha value is -0.300. The van der Waals surface area contributed by atoms with Crippen LogP contribution in [0.3, 0.4) is 0 Å². The third-order valence-electron chi connectivity index (χ3n) is 1.34. The highest BCUT2D eigenvalue weighted by Gasteiger charge is 2.33. The maximum Gasteiger partial charge on any atom is 0.402 e. The van der Waals surface area contributed by atoms with Crippen molar-refractivity contribution in [3.05, 3.63) is 0 Å². The summed E-state index contributed by atoms with van der Waals surface area (Å²) in [4.78, 5) is 0. The number of alkyl halides is 3. The Bertz CT molecular complexity index is 247. The van der Waals surface area contributed by atoms with E-state index in [1.54, 1.807) is 6.92 Å². The molecule has 0 aromatic heterocycles. The topological polar surface area (TPSA) is 37.4 Å². The van der Waals surface area contributed by atoms with Crippen molar-refractivity contribution in [2.75, 3.05) is 19.3 Å². The second-order valence-electron chi connectivity index (χ2n) is 2.69. The van der Waals surface area contributed by atoms with Gasteiger partial charge in [-0.15, -0.1) is 0 Å². The lowest BCUT2D eigenvalue weighted by Crippen LogP contribution is -2.37. The lowest BCUT2D eigenvalue weighted by molar-refractivity contribution is -0.134. The van der Waals surface area contributed by atoms with Crippen LogP contribution in [0.1, 0.15) is 13.3 Å². The van der Waals surface area contributed by atoms with Crippen LogP contribution in [0.5, 0.6) is 0 Å². The number of rotatable bonds is 4. The number of sulfonamides is 1. The van der Waals surface area contributed by atoms with Gasteiger partial charge in [0.25, 0.3) is 0 Å². The third kappa shape index (κ3) is 5.09. The Morgan fingerprint density at radius 2 is 1.77 bits per heavy atom. The Morgan fingerprint density at radius 1 is 1.31 bits per heavy atom. The van der Waals surface area contributed by atoms with Gasteiger partial charge in [0.1, 0.15) is 6.54 Å². The fourth-order valence-corrected chi connectivity index (χ4v) is 1.94. The molecule has 0 rings (SSSR count). The minimum absolute atomic E-state index is 0.250. The van der Waals surface area contributed by atoms with Gasteiger partial charge >= 0.3 is 6.18 Å². The van der Waals surface area contributed by atoms with Gasteiger partial charge < -0.3 is 0 Å². The van der Waals surface area contributed by atoms with E-state index in [1.807, 2.05) is 0 Å². The van der Waals surface area contributed by atoms with Gasteiger partial charge in [0.05, 0.1) is 5.75 Å². The third-order valence-corrected chi connectivity index (χ3v) is 3.34. The van der Waals surface area contributed by atoms with E-state index < -0.39 is 22.7 Å². The molecule has 0 aromatic rings. The zero-order chi connectivity index (χ0) is 10.7. The molecule has 0 atom stereocenters. The van der Waals surface area contributed by atoms with Crippen molar-refractivity contribution in [3.8, 4) is 0 Å². The lowest BCUT2D eigenvalue weighted by atomic mass is 10.6. The van der Waals surface area contributed by atoms with Gasteiger partial charge in [0.2, 0.25) is 10.0 Å². The Balaban J connectivity index is 4.35. The summed E-state index contributed by atoms with van der Waals surface area (Å²) in [5.74, 6) is -0.250. The molecular weight excluding hydrogens is 207 g/mol. The number of halogens is 3. The molecule has 3 nitrogen and oxygen atoms in total. The largest absolute Gasteiger partial charge is 0.402 e. The maximum atomic E-state index is 11.8. The highest BCUT2D eigenvalue weighted by atomic mass is 32.2. The summed E-state index contributed by atoms with van der Waals surface area (Å²) >= 11 is 0. The molecule has 0 unspecified atom stereocenters. The number of hydrogen-bond acceptors (Lipinski definition) is 2. The minimum Gasteiger partial charge on any atom is -0.212 e. The summed E-state index contributed by atoms with van der Waals surface area (Å²) in [6.07, 6.45) is -4.17. The van der Waals surface area contributed by atoms with Crippen LogP contribution in [-0.2, 0) is 10.0 Å². The van der Waals surface area contributed by atoms with Crippen LogP contribution in [0.2, 0.25) is 0 Å². The normalized spacial score (nSPS) is 13.7. The Morgan fingerprint density at radius 3 is 2.08 bits per heavy atom. The van der Waals surface area contributed by atoms with Gasteiger partial charge in [0, 0.05) is 7.05 Å². The summed E-state index contributed by atoms with van der Waals surface area (Å²) in [5.41, 5.74) is 0. The van der Waals surface area contributed by atoms with Gasteiger partial charge in [0.15, 0.2) is 0 Å². The molecule has 0 heterocycles. The molecule has 0 N–H and O–H groups in total. The highest BCUT2D eigenvalue weighted by Crippen LogP contribution is 2.17. The second kappa shape index (κ2) is 4.28. The first-order valence-electron chi connectivity index (χ1n) is 3.70. The second-order valence-corrected chi connectivity index (χ2v) is 4.88. The monoisotopic (exact) mass is 219 g/mol. The molecular formula is C6H12F3NO2S. The SMILES string of the molecule is CCCS(=O)(=O)N(C)CC(F)(F)F. The average Bonchev–Trinajstić information content (AvgIpc) is 1.82. The van der Waals surface area contributed by atoms with E-state index in [1.165, 1.54) is 0 Å². The Labute approximate surface area is 75.6 Å². The van der Waals surface area contributed by atoms with Crippen LogP contribution in [0.4, 0.5) is 13.2 Å². The first-order chi connectivity index (χ1) is 5.69. The minimum atomic E-state index is -4.48. The first kappa shape index (κ1) is 12.7. The summed E-state index contributed by atoms with van der Waals surface area (Å²) in [7, 11) is -2.80. The number of hydrogen-bond donors (Lipinski definition) is 0. The summed E-state index contributed by atoms with van der Waals surface area (Å²) in [5, 5.41) is 0. The van der Waals surface area contributed by atoms with Gasteiger partial charge in [-0.1, -0.05) is 6.92 Å². The molecule has 0 fully saturated rings. The van der Waals surface area contributed by atoms with E-state index in [4.69, 9.17) is 0 Å². The predicted octanol–water partition coefficient (Wildman–Crippen LogP) is 1.22. The highest BCUT2D eigenvalue weighted by molar-refractivity contribution is 7.89. The average molecular weight is 219 g/mol. The molecule has 0 saturated carbocycles. The predicted molar refractivity (Wildman–Crippen MR) is 42.8 cm³/mol. The Kier molecular flexibility index (Phi) is 4.18. The summed E-state index contributed by atoms with van der Waals surface area (Å²) in [6, 6.07) is 0. The molecule has 0 amide bonds. The quantitative estimate of drug-likeness (QED) is 0.713. The standard InChI is InChI=1S/C6H12F3NO2S/c1-3-4-13(11,12)10(2)5-6(7,8)9/h3-5H2,1-2H3. The van der Waals surface area contributed by atoms with Crippen molar-refractivity contribution in [3.63, 3.8) is 0 Å². The lowest BCUT2D eigenvalue weighted by Gasteiger charge is -2.17. The van der Waals surface area contributed by atoms with Crippen LogP contribution >= 0.6 is 0 Å².